The first kappa shape index (κ1) is 11.5. The summed E-state index contributed by atoms with van der Waals surface area (Å²) in [7, 11) is 0. The number of hydrogen-bond donors (Lipinski definition) is 0. The zero-order valence-corrected chi connectivity index (χ0v) is 8.76. The summed E-state index contributed by atoms with van der Waals surface area (Å²) in [6, 6.07) is 0. The molecule has 0 saturated carbocycles. The molecule has 0 aromatic rings. The number of carbonyl (C=O) groups is 1. The Morgan fingerprint density at radius 1 is 1.17 bits per heavy atom. The Bertz CT molecular complexity index is 139. The molecule has 0 spiro atoms. The lowest BCUT2D eigenvalue weighted by molar-refractivity contribution is -0.148. The molecule has 0 radical (unpaired) electrons. The molecule has 0 aliphatic carbocycles. The third-order valence-electron chi connectivity index (χ3n) is 2.10. The third kappa shape index (κ3) is 4.37. The molecule has 0 aliphatic heterocycles. The lowest BCUT2D eigenvalue weighted by Crippen LogP contribution is -2.18. The minimum absolute atomic E-state index is 0.00985. The van der Waals surface area contributed by atoms with E-state index in [1.807, 2.05) is 13.8 Å². The van der Waals surface area contributed by atoms with Crippen molar-refractivity contribution in [3.63, 3.8) is 0 Å². The van der Waals surface area contributed by atoms with Gasteiger partial charge in [-0.15, -0.1) is 0 Å². The second kappa shape index (κ2) is 5.18. The largest absolute Gasteiger partial charge is 0.465 e. The van der Waals surface area contributed by atoms with Gasteiger partial charge in [0.25, 0.3) is 0 Å². The van der Waals surface area contributed by atoms with Gasteiger partial charge in [0.15, 0.2) is 0 Å². The van der Waals surface area contributed by atoms with E-state index in [1.54, 1.807) is 0 Å². The van der Waals surface area contributed by atoms with Gasteiger partial charge in [0.1, 0.15) is 0 Å². The van der Waals surface area contributed by atoms with Crippen LogP contribution >= 0.6 is 0 Å². The van der Waals surface area contributed by atoms with Crippen molar-refractivity contribution < 1.29 is 9.53 Å². The lowest BCUT2D eigenvalue weighted by Gasteiger charge is -2.16. The van der Waals surface area contributed by atoms with Crippen LogP contribution < -0.4 is 0 Å². The van der Waals surface area contributed by atoms with Crippen LogP contribution in [0.1, 0.15) is 34.6 Å². The zero-order chi connectivity index (χ0) is 9.72. The molecule has 0 heterocycles. The summed E-state index contributed by atoms with van der Waals surface area (Å²) in [5.74, 6) is 0.921. The summed E-state index contributed by atoms with van der Waals surface area (Å²) in [6.45, 7) is 10.6. The molecule has 72 valence electrons. The molecule has 0 rings (SSSR count). The molecule has 0 aromatic carbocycles. The highest BCUT2D eigenvalue weighted by Gasteiger charge is 2.12. The van der Waals surface area contributed by atoms with Crippen LogP contribution in [0.2, 0.25) is 0 Å². The molecular weight excluding hydrogens is 152 g/mol. The predicted octanol–water partition coefficient (Wildman–Crippen LogP) is 2.48. The fourth-order valence-electron chi connectivity index (χ4n) is 0.573. The van der Waals surface area contributed by atoms with E-state index >= 15 is 0 Å². The molecule has 1 atom stereocenters. The van der Waals surface area contributed by atoms with Gasteiger partial charge in [-0.25, -0.2) is 0 Å². The van der Waals surface area contributed by atoms with Crippen molar-refractivity contribution >= 4 is 5.97 Å². The Kier molecular flexibility index (Phi) is 4.95. The molecule has 0 bridgehead atoms. The van der Waals surface area contributed by atoms with Crippen LogP contribution in [0.15, 0.2) is 0 Å². The van der Waals surface area contributed by atoms with E-state index in [1.165, 1.54) is 0 Å². The topological polar surface area (TPSA) is 26.3 Å². The quantitative estimate of drug-likeness (QED) is 0.609. The Hall–Kier alpha value is -0.530. The highest BCUT2D eigenvalue weighted by atomic mass is 16.5. The molecule has 0 aromatic heterocycles. The van der Waals surface area contributed by atoms with E-state index < -0.39 is 0 Å². The summed E-state index contributed by atoms with van der Waals surface area (Å²) in [6.07, 6.45) is 0. The van der Waals surface area contributed by atoms with Crippen LogP contribution in [0.4, 0.5) is 0 Å². The number of carbonyl (C=O) groups excluding carboxylic acids is 1. The van der Waals surface area contributed by atoms with E-state index in [0.29, 0.717) is 18.4 Å². The minimum atomic E-state index is -0.0949. The third-order valence-corrected chi connectivity index (χ3v) is 2.10. The summed E-state index contributed by atoms with van der Waals surface area (Å²) in [5.41, 5.74) is 0. The van der Waals surface area contributed by atoms with Gasteiger partial charge in [-0.05, 0) is 11.8 Å². The van der Waals surface area contributed by atoms with Crippen molar-refractivity contribution in [1.29, 1.82) is 0 Å². The lowest BCUT2D eigenvalue weighted by atomic mass is 9.99. The Morgan fingerprint density at radius 3 is 2.00 bits per heavy atom. The van der Waals surface area contributed by atoms with E-state index in [9.17, 15) is 4.79 Å². The fraction of sp³-hybridized carbons (Fsp3) is 0.900. The highest BCUT2D eigenvalue weighted by Crippen LogP contribution is 2.10. The van der Waals surface area contributed by atoms with Crippen LogP contribution in [-0.2, 0) is 9.53 Å². The summed E-state index contributed by atoms with van der Waals surface area (Å²) in [5, 5.41) is 0. The average Bonchev–Trinajstić information content (AvgIpc) is 1.98. The van der Waals surface area contributed by atoms with E-state index in [4.69, 9.17) is 4.74 Å². The number of esters is 1. The average molecular weight is 172 g/mol. The first-order valence-corrected chi connectivity index (χ1v) is 4.61. The highest BCUT2D eigenvalue weighted by molar-refractivity contribution is 5.71. The number of rotatable bonds is 4. The van der Waals surface area contributed by atoms with Gasteiger partial charge < -0.3 is 4.74 Å². The molecule has 2 nitrogen and oxygen atoms in total. The maximum atomic E-state index is 11.0. The van der Waals surface area contributed by atoms with Gasteiger partial charge in [0.05, 0.1) is 12.5 Å². The van der Waals surface area contributed by atoms with Crippen LogP contribution in [0.25, 0.3) is 0 Å². The van der Waals surface area contributed by atoms with Gasteiger partial charge >= 0.3 is 5.97 Å². The van der Waals surface area contributed by atoms with Gasteiger partial charge in [-0.3, -0.25) is 4.79 Å². The molecule has 0 saturated heterocycles. The molecule has 1 unspecified atom stereocenters. The Balaban J connectivity index is 3.61. The molecule has 2 heteroatoms. The summed E-state index contributed by atoms with van der Waals surface area (Å²) in [4.78, 5) is 11.0. The fourth-order valence-corrected chi connectivity index (χ4v) is 0.573. The smallest absolute Gasteiger partial charge is 0.308 e. The van der Waals surface area contributed by atoms with Crippen molar-refractivity contribution in [2.45, 2.75) is 34.6 Å². The standard InChI is InChI=1S/C10H20O2/c1-7(2)9(5)6-12-10(11)8(3)4/h7-9H,6H2,1-5H3. The Labute approximate surface area is 75.3 Å². The van der Waals surface area contributed by atoms with E-state index in [0.717, 1.165) is 0 Å². The molecule has 12 heavy (non-hydrogen) atoms. The first-order valence-electron chi connectivity index (χ1n) is 4.61. The summed E-state index contributed by atoms with van der Waals surface area (Å²) >= 11 is 0. The van der Waals surface area contributed by atoms with Gasteiger partial charge in [0.2, 0.25) is 0 Å². The van der Waals surface area contributed by atoms with Crippen molar-refractivity contribution in [3.8, 4) is 0 Å². The van der Waals surface area contributed by atoms with Crippen LogP contribution in [0, 0.1) is 17.8 Å². The van der Waals surface area contributed by atoms with Gasteiger partial charge in [0, 0.05) is 0 Å². The van der Waals surface area contributed by atoms with E-state index in [2.05, 4.69) is 20.8 Å². The second-order valence-corrected chi connectivity index (χ2v) is 4.01. The first-order chi connectivity index (χ1) is 5.45. The number of ether oxygens (including phenoxy) is 1. The molecular formula is C10H20O2. The maximum absolute atomic E-state index is 11.0. The number of hydrogen-bond acceptors (Lipinski definition) is 2. The van der Waals surface area contributed by atoms with Crippen molar-refractivity contribution in [2.24, 2.45) is 17.8 Å². The summed E-state index contributed by atoms with van der Waals surface area (Å²) < 4.78 is 5.09. The second-order valence-electron chi connectivity index (χ2n) is 4.01. The Morgan fingerprint density at radius 2 is 1.67 bits per heavy atom. The van der Waals surface area contributed by atoms with Crippen LogP contribution in [0.5, 0.6) is 0 Å². The van der Waals surface area contributed by atoms with Crippen molar-refractivity contribution in [2.75, 3.05) is 6.61 Å². The maximum Gasteiger partial charge on any atom is 0.308 e. The molecule has 0 amide bonds. The normalized spacial score (nSPS) is 13.6. The van der Waals surface area contributed by atoms with Gasteiger partial charge in [-0.1, -0.05) is 34.6 Å². The minimum Gasteiger partial charge on any atom is -0.465 e. The molecule has 0 N–H and O–H groups in total. The van der Waals surface area contributed by atoms with Crippen LogP contribution in [0.3, 0.4) is 0 Å². The molecule has 0 aliphatic rings. The molecule has 0 fully saturated rings. The zero-order valence-electron chi connectivity index (χ0n) is 8.76. The van der Waals surface area contributed by atoms with Gasteiger partial charge in [-0.2, -0.15) is 0 Å². The monoisotopic (exact) mass is 172 g/mol. The van der Waals surface area contributed by atoms with Crippen molar-refractivity contribution in [3.05, 3.63) is 0 Å². The SMILES string of the molecule is CC(C)C(=O)OCC(C)C(C)C. The van der Waals surface area contributed by atoms with Crippen molar-refractivity contribution in [1.82, 2.24) is 0 Å². The van der Waals surface area contributed by atoms with Crippen LogP contribution in [-0.4, -0.2) is 12.6 Å². The van der Waals surface area contributed by atoms with E-state index in [-0.39, 0.29) is 11.9 Å². The predicted molar refractivity (Wildman–Crippen MR) is 49.8 cm³/mol.